The van der Waals surface area contributed by atoms with Crippen LogP contribution in [0.5, 0.6) is 0 Å². The van der Waals surface area contributed by atoms with Crippen molar-refractivity contribution in [3.63, 3.8) is 0 Å². The van der Waals surface area contributed by atoms with Gasteiger partial charge in [-0.25, -0.2) is 0 Å². The molecule has 30 heavy (non-hydrogen) atoms. The molecule has 160 valence electrons. The lowest BCUT2D eigenvalue weighted by molar-refractivity contribution is 0.850. The Morgan fingerprint density at radius 3 is 1.80 bits per heavy atom. The molecule has 2 heteroatoms. The molecular weight excluding hydrogens is 392 g/mol. The van der Waals surface area contributed by atoms with Crippen molar-refractivity contribution < 1.29 is 0 Å². The molecule has 0 aromatic heterocycles. The molecule has 0 saturated heterocycles. The summed E-state index contributed by atoms with van der Waals surface area (Å²) in [4.78, 5) is 0. The van der Waals surface area contributed by atoms with E-state index in [1.54, 1.807) is 31.9 Å². The normalized spacial score (nSPS) is 19.5. The van der Waals surface area contributed by atoms with Crippen molar-refractivity contribution in [2.24, 2.45) is 5.92 Å². The van der Waals surface area contributed by atoms with E-state index in [0.29, 0.717) is 5.92 Å². The zero-order valence-corrected chi connectivity index (χ0v) is 23.0. The van der Waals surface area contributed by atoms with Crippen LogP contribution in [0.25, 0.3) is 0 Å². The van der Waals surface area contributed by atoms with E-state index in [0.717, 1.165) is 0 Å². The Kier molecular flexibility index (Phi) is 5.99. The average Bonchev–Trinajstić information content (AvgIpc) is 2.85. The monoisotopic (exact) mass is 432 g/mol. The minimum absolute atomic E-state index is 0.525. The van der Waals surface area contributed by atoms with Crippen LogP contribution < -0.4 is 15.6 Å². The van der Waals surface area contributed by atoms with Crippen LogP contribution in [0.1, 0.15) is 44.4 Å². The van der Waals surface area contributed by atoms with E-state index in [4.69, 9.17) is 0 Å². The van der Waals surface area contributed by atoms with Crippen molar-refractivity contribution in [1.82, 2.24) is 0 Å². The van der Waals surface area contributed by atoms with Crippen LogP contribution >= 0.6 is 0 Å². The maximum absolute atomic E-state index is 2.62. The summed E-state index contributed by atoms with van der Waals surface area (Å²) in [6.07, 6.45) is 0. The summed E-state index contributed by atoms with van der Waals surface area (Å²) in [5.74, 6) is 0.525. The molecule has 2 unspecified atom stereocenters. The van der Waals surface area contributed by atoms with Crippen LogP contribution in [0.2, 0.25) is 26.2 Å². The number of hydrogen-bond acceptors (Lipinski definition) is 0. The quantitative estimate of drug-likeness (QED) is 0.505. The predicted molar refractivity (Wildman–Crippen MR) is 141 cm³/mol. The molecule has 2 aromatic carbocycles. The van der Waals surface area contributed by atoms with Crippen LogP contribution in [-0.4, -0.2) is 16.1 Å². The third-order valence-electron chi connectivity index (χ3n) is 7.63. The van der Waals surface area contributed by atoms with Crippen LogP contribution in [-0.2, 0) is 0 Å². The number of rotatable bonds is 4. The first-order chi connectivity index (χ1) is 13.8. The third kappa shape index (κ3) is 3.73. The smallest absolute Gasteiger partial charge is 0.0656 e. The maximum atomic E-state index is 2.62. The molecule has 1 aliphatic carbocycles. The van der Waals surface area contributed by atoms with Crippen molar-refractivity contribution in [2.75, 3.05) is 0 Å². The molecule has 0 saturated carbocycles. The molecule has 2 atom stereocenters. The van der Waals surface area contributed by atoms with Gasteiger partial charge < -0.3 is 0 Å². The molecule has 0 nitrogen and oxygen atoms in total. The zero-order chi connectivity index (χ0) is 22.6. The molecule has 2 aromatic rings. The first-order valence-electron chi connectivity index (χ1n) is 11.4. The van der Waals surface area contributed by atoms with E-state index >= 15 is 0 Å². The van der Waals surface area contributed by atoms with Gasteiger partial charge in [0.1, 0.15) is 8.07 Å². The molecule has 0 aliphatic heterocycles. The van der Waals surface area contributed by atoms with Gasteiger partial charge in [0.05, 0.1) is 8.07 Å². The van der Waals surface area contributed by atoms with Gasteiger partial charge in [-0.1, -0.05) is 108 Å². The van der Waals surface area contributed by atoms with Crippen molar-refractivity contribution >= 4 is 31.7 Å². The van der Waals surface area contributed by atoms with Gasteiger partial charge in [-0.2, -0.15) is 0 Å². The van der Waals surface area contributed by atoms with Gasteiger partial charge in [0.15, 0.2) is 0 Å². The highest BCUT2D eigenvalue weighted by atomic mass is 28.3. The lowest BCUT2D eigenvalue weighted by Gasteiger charge is -2.37. The maximum Gasteiger partial charge on any atom is 0.142 e. The molecule has 0 bridgehead atoms. The van der Waals surface area contributed by atoms with Crippen molar-refractivity contribution in [3.8, 4) is 0 Å². The van der Waals surface area contributed by atoms with E-state index in [-0.39, 0.29) is 0 Å². The summed E-state index contributed by atoms with van der Waals surface area (Å²) in [7, 11) is -3.54. The summed E-state index contributed by atoms with van der Waals surface area (Å²) in [6, 6.07) is 14.7. The number of hydrogen-bond donors (Lipinski definition) is 0. The predicted octanol–water partition coefficient (Wildman–Crippen LogP) is 6.19. The Morgan fingerprint density at radius 1 is 0.667 bits per heavy atom. The summed E-state index contributed by atoms with van der Waals surface area (Å²) in [5.41, 5.74) is 8.85. The van der Waals surface area contributed by atoms with E-state index in [2.05, 4.69) is 111 Å². The fraction of sp³-hybridized carbons (Fsp3) is 0.429. The van der Waals surface area contributed by atoms with Gasteiger partial charge in [-0.05, 0) is 63.4 Å². The van der Waals surface area contributed by atoms with Gasteiger partial charge >= 0.3 is 0 Å². The molecule has 0 N–H and O–H groups in total. The van der Waals surface area contributed by atoms with Gasteiger partial charge in [-0.3, -0.25) is 0 Å². The molecule has 0 radical (unpaired) electrons. The molecule has 3 rings (SSSR count). The number of benzene rings is 2. The highest BCUT2D eigenvalue weighted by Crippen LogP contribution is 2.41. The average molecular weight is 433 g/mol. The molecule has 1 aliphatic rings. The molecule has 0 spiro atoms. The molecular formula is C28H40Si2. The van der Waals surface area contributed by atoms with Gasteiger partial charge in [-0.15, -0.1) is 0 Å². The summed E-state index contributed by atoms with van der Waals surface area (Å²) < 4.78 is 0. The SMILES string of the molecule is CC1=C(C)C(C)C([Si](C)(c2cc(C)cc([Si](C)(C)C)c2)c2cc(C)ccc2C)=C1C. The van der Waals surface area contributed by atoms with Crippen molar-refractivity contribution in [2.45, 2.75) is 74.7 Å². The third-order valence-corrected chi connectivity index (χ3v) is 14.6. The Labute approximate surface area is 187 Å². The second kappa shape index (κ2) is 7.80. The van der Waals surface area contributed by atoms with Gasteiger partial charge in [0.25, 0.3) is 0 Å². The minimum atomic E-state index is -2.14. The summed E-state index contributed by atoms with van der Waals surface area (Å²) >= 11 is 0. The zero-order valence-electron chi connectivity index (χ0n) is 21.0. The van der Waals surface area contributed by atoms with E-state index in [1.165, 1.54) is 22.3 Å². The first-order valence-corrected chi connectivity index (χ1v) is 17.4. The van der Waals surface area contributed by atoms with Crippen molar-refractivity contribution in [1.29, 1.82) is 0 Å². The lowest BCUT2D eigenvalue weighted by atomic mass is 10.1. The topological polar surface area (TPSA) is 0 Å². The van der Waals surface area contributed by atoms with E-state index in [1.807, 2.05) is 0 Å². The van der Waals surface area contributed by atoms with Crippen LogP contribution in [0.15, 0.2) is 58.3 Å². The Balaban J connectivity index is 2.42. The van der Waals surface area contributed by atoms with Crippen LogP contribution in [0.4, 0.5) is 0 Å². The summed E-state index contributed by atoms with van der Waals surface area (Å²) in [5, 5.41) is 6.50. The highest BCUT2D eigenvalue weighted by Gasteiger charge is 2.43. The standard InChI is InChI=1S/C28H40Si2/c1-18-12-13-20(3)27(16-18)30(11,28-23(6)21(4)22(5)24(28)7)26-15-19(2)14-25(17-26)29(8,9)10/h12-17,23H,1-11H3. The Hall–Kier alpha value is -1.65. The molecule has 0 amide bonds. The van der Waals surface area contributed by atoms with Crippen LogP contribution in [0.3, 0.4) is 0 Å². The lowest BCUT2D eigenvalue weighted by Crippen LogP contribution is -2.61. The highest BCUT2D eigenvalue weighted by molar-refractivity contribution is 7.07. The Morgan fingerprint density at radius 2 is 1.27 bits per heavy atom. The largest absolute Gasteiger partial charge is 0.142 e. The fourth-order valence-corrected chi connectivity index (χ4v) is 12.1. The van der Waals surface area contributed by atoms with Gasteiger partial charge in [0.2, 0.25) is 0 Å². The molecule has 0 fully saturated rings. The van der Waals surface area contributed by atoms with Crippen LogP contribution in [0, 0.1) is 26.7 Å². The second-order valence-corrected chi connectivity index (χ2v) is 19.8. The van der Waals surface area contributed by atoms with E-state index in [9.17, 15) is 0 Å². The first kappa shape index (κ1) is 23.0. The summed E-state index contributed by atoms with van der Waals surface area (Å²) in [6.45, 7) is 26.4. The molecule has 0 heterocycles. The number of allylic oxidation sites excluding steroid dienone is 4. The van der Waals surface area contributed by atoms with E-state index < -0.39 is 16.1 Å². The fourth-order valence-electron chi connectivity index (χ4n) is 5.41. The van der Waals surface area contributed by atoms with Crippen molar-refractivity contribution in [3.05, 3.63) is 75.0 Å². The minimum Gasteiger partial charge on any atom is -0.0656 e. The van der Waals surface area contributed by atoms with Gasteiger partial charge in [0, 0.05) is 0 Å². The number of aryl methyl sites for hydroxylation is 3. The Bertz CT molecular complexity index is 1060. The second-order valence-electron chi connectivity index (χ2n) is 10.8.